The van der Waals surface area contributed by atoms with E-state index in [1.807, 2.05) is 25.1 Å². The molecular weight excluding hydrogens is 423 g/mol. The molecule has 7 heteroatoms. The summed E-state index contributed by atoms with van der Waals surface area (Å²) in [7, 11) is 0. The molecule has 0 aliphatic carbocycles. The Labute approximate surface area is 192 Å². The number of aryl methyl sites for hydroxylation is 1. The predicted octanol–water partition coefficient (Wildman–Crippen LogP) is 5.01. The molecule has 3 rings (SSSR count). The second kappa shape index (κ2) is 11.0. The molecule has 170 valence electrons. The Balaban J connectivity index is 1.50. The molecule has 0 fully saturated rings. The summed E-state index contributed by atoms with van der Waals surface area (Å²) in [5.74, 6) is -0.286. The molecule has 0 saturated carbocycles. The first-order chi connectivity index (χ1) is 15.8. The molecule has 1 N–H and O–H groups in total. The molecule has 1 amide bonds. The monoisotopic (exact) mass is 448 g/mol. The van der Waals surface area contributed by atoms with Crippen LogP contribution >= 0.6 is 0 Å². The Hall–Kier alpha value is -4.00. The number of carbonyl (C=O) groups is 2. The number of amides is 1. The van der Waals surface area contributed by atoms with Gasteiger partial charge in [-0.15, -0.1) is 0 Å². The SMILES string of the molecule is Cc1ccc(C(C)C)c(OCC(=O)N/N=C/c2ccc(OC(=O)c3cccc(F)c3)cc2)c1. The van der Waals surface area contributed by atoms with Crippen LogP contribution in [0.1, 0.15) is 46.8 Å². The molecule has 0 aromatic heterocycles. The number of nitrogens with zero attached hydrogens (tertiary/aromatic N) is 1. The smallest absolute Gasteiger partial charge is 0.343 e. The first kappa shape index (κ1) is 23.7. The van der Waals surface area contributed by atoms with Gasteiger partial charge in [-0.05, 0) is 78.1 Å². The largest absolute Gasteiger partial charge is 0.483 e. The highest BCUT2D eigenvalue weighted by molar-refractivity contribution is 5.91. The van der Waals surface area contributed by atoms with Crippen molar-refractivity contribution in [3.05, 3.63) is 94.8 Å². The minimum atomic E-state index is -0.655. The summed E-state index contributed by atoms with van der Waals surface area (Å²) in [6.45, 7) is 5.94. The third kappa shape index (κ3) is 7.00. The summed E-state index contributed by atoms with van der Waals surface area (Å²) in [6.07, 6.45) is 1.46. The van der Waals surface area contributed by atoms with Crippen LogP contribution in [-0.4, -0.2) is 24.7 Å². The van der Waals surface area contributed by atoms with Crippen molar-refractivity contribution in [1.29, 1.82) is 0 Å². The average Bonchev–Trinajstić information content (AvgIpc) is 2.78. The minimum absolute atomic E-state index is 0.122. The highest BCUT2D eigenvalue weighted by Gasteiger charge is 2.11. The number of benzene rings is 3. The maximum absolute atomic E-state index is 13.2. The van der Waals surface area contributed by atoms with Gasteiger partial charge in [0.1, 0.15) is 17.3 Å². The number of hydrazone groups is 1. The second-order valence-corrected chi connectivity index (χ2v) is 7.75. The van der Waals surface area contributed by atoms with Crippen molar-refractivity contribution in [2.75, 3.05) is 6.61 Å². The van der Waals surface area contributed by atoms with Crippen LogP contribution in [0.4, 0.5) is 4.39 Å². The summed E-state index contributed by atoms with van der Waals surface area (Å²) in [4.78, 5) is 24.1. The summed E-state index contributed by atoms with van der Waals surface area (Å²) in [5.41, 5.74) is 5.32. The van der Waals surface area contributed by atoms with Gasteiger partial charge >= 0.3 is 5.97 Å². The van der Waals surface area contributed by atoms with Crippen LogP contribution in [0, 0.1) is 12.7 Å². The fourth-order valence-corrected chi connectivity index (χ4v) is 3.00. The van der Waals surface area contributed by atoms with Crippen LogP contribution in [0.3, 0.4) is 0 Å². The van der Waals surface area contributed by atoms with E-state index >= 15 is 0 Å². The van der Waals surface area contributed by atoms with E-state index in [0.717, 1.165) is 17.2 Å². The van der Waals surface area contributed by atoms with Crippen molar-refractivity contribution in [1.82, 2.24) is 5.43 Å². The normalized spacial score (nSPS) is 10.9. The molecule has 0 unspecified atom stereocenters. The number of ether oxygens (including phenoxy) is 2. The molecule has 3 aromatic carbocycles. The number of rotatable bonds is 8. The molecule has 33 heavy (non-hydrogen) atoms. The minimum Gasteiger partial charge on any atom is -0.483 e. The zero-order valence-electron chi connectivity index (χ0n) is 18.7. The fourth-order valence-electron chi connectivity index (χ4n) is 3.00. The molecule has 0 aliphatic rings. The molecule has 0 aliphatic heterocycles. The van der Waals surface area contributed by atoms with E-state index in [4.69, 9.17) is 9.47 Å². The van der Waals surface area contributed by atoms with Crippen LogP contribution in [-0.2, 0) is 4.79 Å². The van der Waals surface area contributed by atoms with Gasteiger partial charge in [-0.3, -0.25) is 4.79 Å². The number of halogens is 1. The molecule has 6 nitrogen and oxygen atoms in total. The van der Waals surface area contributed by atoms with E-state index in [9.17, 15) is 14.0 Å². The lowest BCUT2D eigenvalue weighted by atomic mass is 10.0. The maximum Gasteiger partial charge on any atom is 0.343 e. The van der Waals surface area contributed by atoms with E-state index in [1.165, 1.54) is 24.4 Å². The molecule has 0 bridgehead atoms. The third-order valence-electron chi connectivity index (χ3n) is 4.70. The van der Waals surface area contributed by atoms with Crippen LogP contribution in [0.15, 0.2) is 71.8 Å². The van der Waals surface area contributed by atoms with Crippen molar-refractivity contribution >= 4 is 18.1 Å². The maximum atomic E-state index is 13.2. The first-order valence-electron chi connectivity index (χ1n) is 10.4. The van der Waals surface area contributed by atoms with E-state index in [2.05, 4.69) is 24.4 Å². The van der Waals surface area contributed by atoms with Crippen molar-refractivity contribution in [3.63, 3.8) is 0 Å². The third-order valence-corrected chi connectivity index (χ3v) is 4.70. The van der Waals surface area contributed by atoms with Gasteiger partial charge in [-0.25, -0.2) is 14.6 Å². The Bertz CT molecular complexity index is 1160. The first-order valence-corrected chi connectivity index (χ1v) is 10.4. The van der Waals surface area contributed by atoms with Gasteiger partial charge in [0.15, 0.2) is 6.61 Å². The van der Waals surface area contributed by atoms with Gasteiger partial charge in [0.2, 0.25) is 0 Å². The standard InChI is InChI=1S/C26H25FN2O4/c1-17(2)23-12-7-18(3)13-24(23)32-16-25(30)29-28-15-19-8-10-22(11-9-19)33-26(31)20-5-4-6-21(27)14-20/h4-15,17H,16H2,1-3H3,(H,29,30)/b28-15+. The van der Waals surface area contributed by atoms with Gasteiger partial charge < -0.3 is 9.47 Å². The second-order valence-electron chi connectivity index (χ2n) is 7.75. The van der Waals surface area contributed by atoms with Gasteiger partial charge in [0, 0.05) is 0 Å². The predicted molar refractivity (Wildman–Crippen MR) is 124 cm³/mol. The molecule has 0 radical (unpaired) electrons. The lowest BCUT2D eigenvalue weighted by Crippen LogP contribution is -2.25. The molecule has 0 spiro atoms. The lowest BCUT2D eigenvalue weighted by molar-refractivity contribution is -0.123. The number of hydrogen-bond donors (Lipinski definition) is 1. The van der Waals surface area contributed by atoms with Gasteiger partial charge in [0.05, 0.1) is 11.8 Å². The van der Waals surface area contributed by atoms with Crippen molar-refractivity contribution in [2.45, 2.75) is 26.7 Å². The summed E-state index contributed by atoms with van der Waals surface area (Å²) in [5, 5.41) is 3.92. The van der Waals surface area contributed by atoms with Crippen LogP contribution in [0.5, 0.6) is 11.5 Å². The van der Waals surface area contributed by atoms with E-state index in [-0.39, 0.29) is 24.0 Å². The van der Waals surface area contributed by atoms with Crippen LogP contribution in [0.2, 0.25) is 0 Å². The molecule has 0 atom stereocenters. The summed E-state index contributed by atoms with van der Waals surface area (Å²) >= 11 is 0. The van der Waals surface area contributed by atoms with Crippen molar-refractivity contribution in [3.8, 4) is 11.5 Å². The summed E-state index contributed by atoms with van der Waals surface area (Å²) in [6, 6.07) is 17.7. The van der Waals surface area contributed by atoms with Crippen molar-refractivity contribution < 1.29 is 23.5 Å². The topological polar surface area (TPSA) is 77.0 Å². The number of hydrogen-bond acceptors (Lipinski definition) is 5. The zero-order valence-corrected chi connectivity index (χ0v) is 18.7. The Kier molecular flexibility index (Phi) is 7.91. The Morgan fingerprint density at radius 2 is 1.82 bits per heavy atom. The van der Waals surface area contributed by atoms with E-state index in [0.29, 0.717) is 17.1 Å². The number of carbonyl (C=O) groups excluding carboxylic acids is 2. The highest BCUT2D eigenvalue weighted by atomic mass is 19.1. The Morgan fingerprint density at radius 3 is 2.52 bits per heavy atom. The fraction of sp³-hybridized carbons (Fsp3) is 0.192. The van der Waals surface area contributed by atoms with Crippen LogP contribution in [0.25, 0.3) is 0 Å². The molecule has 0 heterocycles. The Morgan fingerprint density at radius 1 is 1.06 bits per heavy atom. The lowest BCUT2D eigenvalue weighted by Gasteiger charge is -2.14. The molecule has 0 saturated heterocycles. The van der Waals surface area contributed by atoms with Gasteiger partial charge in [-0.2, -0.15) is 5.10 Å². The highest BCUT2D eigenvalue weighted by Crippen LogP contribution is 2.27. The molecule has 3 aromatic rings. The van der Waals surface area contributed by atoms with E-state index in [1.54, 1.807) is 24.3 Å². The quantitative estimate of drug-likeness (QED) is 0.228. The summed E-state index contributed by atoms with van der Waals surface area (Å²) < 4.78 is 24.1. The molecular formula is C26H25FN2O4. The average molecular weight is 448 g/mol. The van der Waals surface area contributed by atoms with Gasteiger partial charge in [-0.1, -0.05) is 32.0 Å². The van der Waals surface area contributed by atoms with Crippen molar-refractivity contribution in [2.24, 2.45) is 5.10 Å². The number of nitrogens with one attached hydrogen (secondary N) is 1. The van der Waals surface area contributed by atoms with E-state index < -0.39 is 11.8 Å². The number of esters is 1. The van der Waals surface area contributed by atoms with Crippen LogP contribution < -0.4 is 14.9 Å². The van der Waals surface area contributed by atoms with Gasteiger partial charge in [0.25, 0.3) is 5.91 Å². The zero-order chi connectivity index (χ0) is 23.8.